The van der Waals surface area contributed by atoms with E-state index in [1.54, 1.807) is 0 Å². The van der Waals surface area contributed by atoms with E-state index in [0.29, 0.717) is 0 Å². The lowest BCUT2D eigenvalue weighted by atomic mass is 10.1. The number of para-hydroxylation sites is 1. The first-order chi connectivity index (χ1) is 11.8. The molecule has 0 bridgehead atoms. The van der Waals surface area contributed by atoms with Crippen molar-refractivity contribution in [2.24, 2.45) is 0 Å². The fourth-order valence-corrected chi connectivity index (χ4v) is 3.53. The van der Waals surface area contributed by atoms with Crippen LogP contribution >= 0.6 is 0 Å². The lowest BCUT2D eigenvalue weighted by Crippen LogP contribution is -2.31. The summed E-state index contributed by atoms with van der Waals surface area (Å²) in [6.45, 7) is 8.03. The van der Waals surface area contributed by atoms with Gasteiger partial charge >= 0.3 is 0 Å². The largest absolute Gasteiger partial charge is 0.367 e. The SMILES string of the molecule is CCN(Cc1ccc(CCN2CCCCC2)cc1)c1ccccc1. The monoisotopic (exact) mass is 322 g/mol. The number of piperidine rings is 1. The molecule has 2 aromatic rings. The Bertz CT molecular complexity index is 585. The Balaban J connectivity index is 1.53. The van der Waals surface area contributed by atoms with Crippen molar-refractivity contribution in [3.8, 4) is 0 Å². The van der Waals surface area contributed by atoms with E-state index in [9.17, 15) is 0 Å². The van der Waals surface area contributed by atoms with Crippen molar-refractivity contribution in [1.82, 2.24) is 4.90 Å². The highest BCUT2D eigenvalue weighted by Crippen LogP contribution is 2.17. The van der Waals surface area contributed by atoms with Gasteiger partial charge in [-0.3, -0.25) is 0 Å². The second-order valence-corrected chi connectivity index (χ2v) is 6.82. The number of benzene rings is 2. The molecule has 0 saturated carbocycles. The molecule has 0 radical (unpaired) electrons. The highest BCUT2D eigenvalue weighted by molar-refractivity contribution is 5.46. The minimum absolute atomic E-state index is 0.979. The first-order valence-corrected chi connectivity index (χ1v) is 9.45. The van der Waals surface area contributed by atoms with Crippen molar-refractivity contribution in [2.45, 2.75) is 39.2 Å². The molecule has 1 fully saturated rings. The number of likely N-dealkylation sites (tertiary alicyclic amines) is 1. The van der Waals surface area contributed by atoms with Crippen LogP contribution in [0.5, 0.6) is 0 Å². The quantitative estimate of drug-likeness (QED) is 0.726. The van der Waals surface area contributed by atoms with Crippen molar-refractivity contribution in [3.63, 3.8) is 0 Å². The Morgan fingerprint density at radius 1 is 0.833 bits per heavy atom. The zero-order valence-corrected chi connectivity index (χ0v) is 15.0. The van der Waals surface area contributed by atoms with Gasteiger partial charge in [0, 0.05) is 25.3 Å². The second kappa shape index (κ2) is 8.89. The van der Waals surface area contributed by atoms with Crippen LogP contribution in [0, 0.1) is 0 Å². The molecule has 2 aromatic carbocycles. The average Bonchev–Trinajstić information content (AvgIpc) is 2.67. The molecule has 3 rings (SSSR count). The summed E-state index contributed by atoms with van der Waals surface area (Å²) in [7, 11) is 0. The minimum Gasteiger partial charge on any atom is -0.367 e. The smallest absolute Gasteiger partial charge is 0.0429 e. The molecular formula is C22H30N2. The number of anilines is 1. The van der Waals surface area contributed by atoms with Gasteiger partial charge in [0.1, 0.15) is 0 Å². The zero-order valence-electron chi connectivity index (χ0n) is 15.0. The summed E-state index contributed by atoms with van der Waals surface area (Å²) in [5.74, 6) is 0. The van der Waals surface area contributed by atoms with Gasteiger partial charge < -0.3 is 9.80 Å². The van der Waals surface area contributed by atoms with Crippen LogP contribution in [0.25, 0.3) is 0 Å². The Morgan fingerprint density at radius 3 is 2.17 bits per heavy atom. The number of hydrogen-bond donors (Lipinski definition) is 0. The molecule has 0 N–H and O–H groups in total. The summed E-state index contributed by atoms with van der Waals surface area (Å²) in [5, 5.41) is 0. The first-order valence-electron chi connectivity index (χ1n) is 9.45. The third-order valence-corrected chi connectivity index (χ3v) is 5.06. The van der Waals surface area contributed by atoms with Gasteiger partial charge in [0.05, 0.1) is 0 Å². The number of hydrogen-bond acceptors (Lipinski definition) is 2. The van der Waals surface area contributed by atoms with Crippen LogP contribution < -0.4 is 4.90 Å². The zero-order chi connectivity index (χ0) is 16.6. The van der Waals surface area contributed by atoms with Crippen LogP contribution in [0.3, 0.4) is 0 Å². The van der Waals surface area contributed by atoms with Gasteiger partial charge in [-0.15, -0.1) is 0 Å². The highest BCUT2D eigenvalue weighted by atomic mass is 15.1. The van der Waals surface area contributed by atoms with E-state index in [-0.39, 0.29) is 0 Å². The third kappa shape index (κ3) is 4.85. The topological polar surface area (TPSA) is 6.48 Å². The van der Waals surface area contributed by atoms with Crippen LogP contribution in [0.1, 0.15) is 37.3 Å². The van der Waals surface area contributed by atoms with Gasteiger partial charge in [-0.25, -0.2) is 0 Å². The molecule has 1 saturated heterocycles. The van der Waals surface area contributed by atoms with Crippen LogP contribution in [-0.2, 0) is 13.0 Å². The summed E-state index contributed by atoms with van der Waals surface area (Å²) >= 11 is 0. The second-order valence-electron chi connectivity index (χ2n) is 6.82. The van der Waals surface area contributed by atoms with Crippen molar-refractivity contribution < 1.29 is 0 Å². The van der Waals surface area contributed by atoms with Crippen LogP contribution in [-0.4, -0.2) is 31.1 Å². The van der Waals surface area contributed by atoms with Gasteiger partial charge in [-0.05, 0) is 62.5 Å². The summed E-state index contributed by atoms with van der Waals surface area (Å²) < 4.78 is 0. The summed E-state index contributed by atoms with van der Waals surface area (Å²) in [5.41, 5.74) is 4.16. The molecule has 24 heavy (non-hydrogen) atoms. The Labute approximate surface area is 147 Å². The fraction of sp³-hybridized carbons (Fsp3) is 0.455. The molecule has 1 heterocycles. The molecule has 128 valence electrons. The third-order valence-electron chi connectivity index (χ3n) is 5.06. The van der Waals surface area contributed by atoms with Gasteiger partial charge in [-0.2, -0.15) is 0 Å². The standard InChI is InChI=1S/C22H30N2/c1-2-24(22-9-5-3-6-10-22)19-21-13-11-20(12-14-21)15-18-23-16-7-4-8-17-23/h3,5-6,9-14H,2,4,7-8,15-19H2,1H3. The van der Waals surface area contributed by atoms with Crippen LogP contribution in [0.15, 0.2) is 54.6 Å². The molecule has 0 aromatic heterocycles. The summed E-state index contributed by atoms with van der Waals surface area (Å²) in [6.07, 6.45) is 5.35. The highest BCUT2D eigenvalue weighted by Gasteiger charge is 2.10. The van der Waals surface area contributed by atoms with Gasteiger partial charge in [0.15, 0.2) is 0 Å². The maximum atomic E-state index is 2.62. The molecule has 0 atom stereocenters. The lowest BCUT2D eigenvalue weighted by molar-refractivity contribution is 0.231. The van der Waals surface area contributed by atoms with Gasteiger partial charge in [-0.1, -0.05) is 48.9 Å². The van der Waals surface area contributed by atoms with Crippen molar-refractivity contribution in [3.05, 3.63) is 65.7 Å². The van der Waals surface area contributed by atoms with E-state index in [1.165, 1.54) is 62.1 Å². The van der Waals surface area contributed by atoms with Gasteiger partial charge in [0.2, 0.25) is 0 Å². The maximum Gasteiger partial charge on any atom is 0.0429 e. The normalized spacial score (nSPS) is 15.4. The van der Waals surface area contributed by atoms with Crippen molar-refractivity contribution >= 4 is 5.69 Å². The lowest BCUT2D eigenvalue weighted by Gasteiger charge is -2.26. The average molecular weight is 322 g/mol. The van der Waals surface area contributed by atoms with E-state index in [1.807, 2.05) is 0 Å². The van der Waals surface area contributed by atoms with E-state index in [4.69, 9.17) is 0 Å². The maximum absolute atomic E-state index is 2.62. The Morgan fingerprint density at radius 2 is 1.50 bits per heavy atom. The van der Waals surface area contributed by atoms with E-state index in [2.05, 4.69) is 71.3 Å². The minimum atomic E-state index is 0.979. The van der Waals surface area contributed by atoms with Crippen molar-refractivity contribution in [1.29, 1.82) is 0 Å². The molecule has 0 amide bonds. The van der Waals surface area contributed by atoms with E-state index < -0.39 is 0 Å². The fourth-order valence-electron chi connectivity index (χ4n) is 3.53. The molecular weight excluding hydrogens is 292 g/mol. The number of nitrogens with zero attached hydrogens (tertiary/aromatic N) is 2. The first kappa shape index (κ1) is 17.0. The molecule has 1 aliphatic heterocycles. The molecule has 1 aliphatic rings. The number of rotatable bonds is 7. The Hall–Kier alpha value is -1.80. The predicted molar refractivity (Wildman–Crippen MR) is 104 cm³/mol. The summed E-state index contributed by atoms with van der Waals surface area (Å²) in [6, 6.07) is 19.9. The van der Waals surface area contributed by atoms with E-state index in [0.717, 1.165) is 13.1 Å². The predicted octanol–water partition coefficient (Wildman–Crippen LogP) is 4.74. The molecule has 2 heteroatoms. The summed E-state index contributed by atoms with van der Waals surface area (Å²) in [4.78, 5) is 5.04. The molecule has 0 spiro atoms. The van der Waals surface area contributed by atoms with Crippen molar-refractivity contribution in [2.75, 3.05) is 31.1 Å². The Kier molecular flexibility index (Phi) is 6.31. The van der Waals surface area contributed by atoms with Crippen LogP contribution in [0.4, 0.5) is 5.69 Å². The molecule has 0 unspecified atom stereocenters. The molecule has 2 nitrogen and oxygen atoms in total. The van der Waals surface area contributed by atoms with Crippen LogP contribution in [0.2, 0.25) is 0 Å². The molecule has 0 aliphatic carbocycles. The van der Waals surface area contributed by atoms with Gasteiger partial charge in [0.25, 0.3) is 0 Å². The van der Waals surface area contributed by atoms with E-state index >= 15 is 0 Å².